The highest BCUT2D eigenvalue weighted by Crippen LogP contribution is 2.19. The Morgan fingerprint density at radius 2 is 2.11 bits per heavy atom. The van der Waals surface area contributed by atoms with E-state index in [1.807, 2.05) is 6.92 Å². The molecule has 2 aromatic rings. The lowest BCUT2D eigenvalue weighted by molar-refractivity contribution is 0.379. The summed E-state index contributed by atoms with van der Waals surface area (Å²) in [5, 5.41) is 8.76. The first-order chi connectivity index (χ1) is 8.52. The summed E-state index contributed by atoms with van der Waals surface area (Å²) in [6, 6.07) is 2.93. The first-order valence-corrected chi connectivity index (χ1v) is 5.71. The maximum absolute atomic E-state index is 11.7. The highest BCUT2D eigenvalue weighted by atomic mass is 35.5. The monoisotopic (exact) mass is 268 g/mol. The molecule has 18 heavy (non-hydrogen) atoms. The Morgan fingerprint density at radius 1 is 1.39 bits per heavy atom. The summed E-state index contributed by atoms with van der Waals surface area (Å²) in [4.78, 5) is 11.7. The summed E-state index contributed by atoms with van der Waals surface area (Å²) in [7, 11) is 3.25. The Balaban J connectivity index is 2.42. The third-order valence-corrected chi connectivity index (χ3v) is 3.10. The van der Waals surface area contributed by atoms with Gasteiger partial charge in [-0.2, -0.15) is 5.10 Å². The van der Waals surface area contributed by atoms with Gasteiger partial charge in [0.2, 0.25) is 5.88 Å². The van der Waals surface area contributed by atoms with Crippen LogP contribution in [0.4, 0.5) is 0 Å². The van der Waals surface area contributed by atoms with Crippen LogP contribution in [0.5, 0.6) is 5.88 Å². The summed E-state index contributed by atoms with van der Waals surface area (Å²) in [5.74, 6) is 0.382. The molecule has 2 heterocycles. The number of ether oxygens (including phenoxy) is 1. The van der Waals surface area contributed by atoms with Crippen molar-refractivity contribution in [2.45, 2.75) is 13.5 Å². The Hall–Kier alpha value is -1.82. The van der Waals surface area contributed by atoms with Gasteiger partial charge in [-0.25, -0.2) is 4.68 Å². The summed E-state index contributed by atoms with van der Waals surface area (Å²) < 4.78 is 7.86. The molecule has 0 aliphatic heterocycles. The van der Waals surface area contributed by atoms with E-state index >= 15 is 0 Å². The van der Waals surface area contributed by atoms with Crippen molar-refractivity contribution < 1.29 is 4.74 Å². The van der Waals surface area contributed by atoms with Crippen molar-refractivity contribution in [3.8, 4) is 5.88 Å². The van der Waals surface area contributed by atoms with Crippen molar-refractivity contribution in [1.82, 2.24) is 19.6 Å². The Bertz CT molecular complexity index is 632. The van der Waals surface area contributed by atoms with Crippen LogP contribution >= 0.6 is 11.6 Å². The summed E-state index contributed by atoms with van der Waals surface area (Å²) in [5.41, 5.74) is 1.34. The quantitative estimate of drug-likeness (QED) is 0.833. The topological polar surface area (TPSA) is 61.9 Å². The maximum Gasteiger partial charge on any atom is 0.267 e. The zero-order valence-corrected chi connectivity index (χ0v) is 11.1. The molecule has 0 aromatic carbocycles. The number of aromatic nitrogens is 4. The van der Waals surface area contributed by atoms with E-state index in [9.17, 15) is 4.79 Å². The van der Waals surface area contributed by atoms with Gasteiger partial charge in [0.05, 0.1) is 19.3 Å². The Labute approximate surface area is 109 Å². The summed E-state index contributed by atoms with van der Waals surface area (Å²) in [6.07, 6.45) is 0. The number of halogens is 1. The average molecular weight is 269 g/mol. The van der Waals surface area contributed by atoms with Gasteiger partial charge < -0.3 is 4.74 Å². The van der Waals surface area contributed by atoms with Crippen LogP contribution in [0, 0.1) is 6.92 Å². The molecule has 0 aliphatic rings. The van der Waals surface area contributed by atoms with Gasteiger partial charge in [-0.3, -0.25) is 9.48 Å². The summed E-state index contributed by atoms with van der Waals surface area (Å²) >= 11 is 6.12. The number of methoxy groups -OCH3 is 1. The standard InChI is InChI=1S/C11H13ClN4O2/c1-7-8(11(12)15(2)13-7)6-16-10(17)5-4-9(14-16)18-3/h4-5H,6H2,1-3H3. The fraction of sp³-hybridized carbons (Fsp3) is 0.364. The molecule has 0 spiro atoms. The lowest BCUT2D eigenvalue weighted by atomic mass is 10.2. The number of aryl methyl sites for hydroxylation is 2. The fourth-order valence-electron chi connectivity index (χ4n) is 1.66. The SMILES string of the molecule is COc1ccc(=O)n(Cc2c(C)nn(C)c2Cl)n1. The highest BCUT2D eigenvalue weighted by Gasteiger charge is 2.13. The lowest BCUT2D eigenvalue weighted by Crippen LogP contribution is -2.23. The Kier molecular flexibility index (Phi) is 3.38. The molecular weight excluding hydrogens is 256 g/mol. The van der Waals surface area contributed by atoms with Gasteiger partial charge in [-0.1, -0.05) is 11.6 Å². The van der Waals surface area contributed by atoms with Crippen molar-refractivity contribution in [3.05, 3.63) is 38.9 Å². The van der Waals surface area contributed by atoms with Gasteiger partial charge in [-0.15, -0.1) is 5.10 Å². The van der Waals surface area contributed by atoms with Crippen molar-refractivity contribution in [3.63, 3.8) is 0 Å². The minimum atomic E-state index is -0.213. The molecule has 6 nitrogen and oxygen atoms in total. The number of nitrogens with zero attached hydrogens (tertiary/aromatic N) is 4. The van der Waals surface area contributed by atoms with Gasteiger partial charge >= 0.3 is 0 Å². The van der Waals surface area contributed by atoms with Gasteiger partial charge in [0.25, 0.3) is 5.56 Å². The third kappa shape index (κ3) is 2.24. The zero-order valence-electron chi connectivity index (χ0n) is 10.3. The van der Waals surface area contributed by atoms with E-state index in [4.69, 9.17) is 16.3 Å². The molecule has 0 aliphatic carbocycles. The van der Waals surface area contributed by atoms with Crippen LogP contribution in [-0.4, -0.2) is 26.7 Å². The minimum Gasteiger partial charge on any atom is -0.480 e. The maximum atomic E-state index is 11.7. The van der Waals surface area contributed by atoms with Crippen molar-refractivity contribution in [1.29, 1.82) is 0 Å². The largest absolute Gasteiger partial charge is 0.480 e. The lowest BCUT2D eigenvalue weighted by Gasteiger charge is -2.06. The predicted octanol–water partition coefficient (Wildman–Crippen LogP) is 0.996. The molecule has 0 fully saturated rings. The number of rotatable bonds is 3. The van der Waals surface area contributed by atoms with Crippen LogP contribution in [0.15, 0.2) is 16.9 Å². The molecule has 2 rings (SSSR count). The smallest absolute Gasteiger partial charge is 0.267 e. The minimum absolute atomic E-state index is 0.213. The molecule has 0 saturated carbocycles. The second kappa shape index (κ2) is 4.81. The van der Waals surface area contributed by atoms with Crippen LogP contribution in [-0.2, 0) is 13.6 Å². The van der Waals surface area contributed by atoms with Crippen LogP contribution in [0.3, 0.4) is 0 Å². The van der Waals surface area contributed by atoms with E-state index in [1.165, 1.54) is 23.9 Å². The first-order valence-electron chi connectivity index (χ1n) is 5.33. The molecule has 0 saturated heterocycles. The van der Waals surface area contributed by atoms with Crippen molar-refractivity contribution in [2.75, 3.05) is 7.11 Å². The number of hydrogen-bond acceptors (Lipinski definition) is 4. The molecule has 7 heteroatoms. The first kappa shape index (κ1) is 12.6. The van der Waals surface area contributed by atoms with E-state index in [0.717, 1.165) is 11.3 Å². The molecule has 96 valence electrons. The average Bonchev–Trinajstić information content (AvgIpc) is 2.58. The van der Waals surface area contributed by atoms with E-state index in [-0.39, 0.29) is 12.1 Å². The van der Waals surface area contributed by atoms with Gasteiger partial charge in [0.1, 0.15) is 5.15 Å². The van der Waals surface area contributed by atoms with Crippen LogP contribution < -0.4 is 10.3 Å². The predicted molar refractivity (Wildman–Crippen MR) is 67.1 cm³/mol. The molecule has 2 aromatic heterocycles. The zero-order chi connectivity index (χ0) is 13.3. The highest BCUT2D eigenvalue weighted by molar-refractivity contribution is 6.30. The summed E-state index contributed by atoms with van der Waals surface area (Å²) in [6.45, 7) is 2.11. The second-order valence-electron chi connectivity index (χ2n) is 3.85. The van der Waals surface area contributed by atoms with Crippen molar-refractivity contribution in [2.24, 2.45) is 7.05 Å². The van der Waals surface area contributed by atoms with Crippen LogP contribution in [0.25, 0.3) is 0 Å². The van der Waals surface area contributed by atoms with E-state index in [2.05, 4.69) is 10.2 Å². The van der Waals surface area contributed by atoms with Crippen molar-refractivity contribution >= 4 is 11.6 Å². The Morgan fingerprint density at radius 3 is 2.67 bits per heavy atom. The molecule has 0 unspecified atom stereocenters. The van der Waals surface area contributed by atoms with Crippen LogP contribution in [0.1, 0.15) is 11.3 Å². The molecular formula is C11H13ClN4O2. The molecule has 0 radical (unpaired) electrons. The van der Waals surface area contributed by atoms with Gasteiger partial charge in [0.15, 0.2) is 0 Å². The van der Waals surface area contributed by atoms with Gasteiger partial charge in [-0.05, 0) is 6.92 Å². The fourth-order valence-corrected chi connectivity index (χ4v) is 1.89. The molecule has 0 atom stereocenters. The molecule has 0 N–H and O–H groups in total. The van der Waals surface area contributed by atoms with E-state index in [1.54, 1.807) is 11.7 Å². The van der Waals surface area contributed by atoms with E-state index in [0.29, 0.717) is 11.0 Å². The number of hydrogen-bond donors (Lipinski definition) is 0. The normalized spacial score (nSPS) is 10.7. The van der Waals surface area contributed by atoms with Crippen LogP contribution in [0.2, 0.25) is 5.15 Å². The van der Waals surface area contributed by atoms with E-state index < -0.39 is 0 Å². The second-order valence-corrected chi connectivity index (χ2v) is 4.21. The molecule has 0 bridgehead atoms. The third-order valence-electron chi connectivity index (χ3n) is 2.63. The molecule has 0 amide bonds. The van der Waals surface area contributed by atoms with Gasteiger partial charge in [0, 0.05) is 24.7 Å².